The number of carbonyl (C=O) groups excluding carboxylic acids is 1. The summed E-state index contributed by atoms with van der Waals surface area (Å²) >= 11 is 0. The Morgan fingerprint density at radius 3 is 2.58 bits per heavy atom. The fourth-order valence-corrected chi connectivity index (χ4v) is 1.46. The normalized spacial score (nSPS) is 18.8. The van der Waals surface area contributed by atoms with Gasteiger partial charge < -0.3 is 5.73 Å². The molecular weight excluding hydrogens is 150 g/mol. The van der Waals surface area contributed by atoms with Crippen molar-refractivity contribution in [1.82, 2.24) is 0 Å². The zero-order chi connectivity index (χ0) is 9.19. The molecule has 0 aromatic carbocycles. The highest BCUT2D eigenvalue weighted by atomic mass is 16.1. The summed E-state index contributed by atoms with van der Waals surface area (Å²) in [6, 6.07) is 0. The van der Waals surface area contributed by atoms with E-state index in [4.69, 9.17) is 5.73 Å². The van der Waals surface area contributed by atoms with Crippen LogP contribution in [0.3, 0.4) is 0 Å². The Morgan fingerprint density at radius 2 is 2.17 bits per heavy atom. The molecule has 0 saturated carbocycles. The van der Waals surface area contributed by atoms with Gasteiger partial charge in [0.2, 0.25) is 0 Å². The van der Waals surface area contributed by atoms with Crippen LogP contribution in [-0.4, -0.2) is 11.3 Å². The van der Waals surface area contributed by atoms with Crippen LogP contribution < -0.4 is 5.73 Å². The molecule has 0 aromatic rings. The molecule has 0 bridgehead atoms. The average molecular weight is 167 g/mol. The number of allylic oxidation sites excluding steroid dienone is 1. The van der Waals surface area contributed by atoms with Crippen LogP contribution in [-0.2, 0) is 4.79 Å². The van der Waals surface area contributed by atoms with Crippen molar-refractivity contribution in [3.8, 4) is 0 Å². The summed E-state index contributed by atoms with van der Waals surface area (Å²) in [5.74, 6) is 0.113. The molecule has 0 aromatic heterocycles. The smallest absolute Gasteiger partial charge is 0.177 e. The summed E-state index contributed by atoms with van der Waals surface area (Å²) in [5, 5.41) is 0. The molecule has 0 fully saturated rings. The van der Waals surface area contributed by atoms with Crippen molar-refractivity contribution >= 4 is 5.78 Å². The Hall–Kier alpha value is -0.630. The number of rotatable bonds is 2. The highest BCUT2D eigenvalue weighted by molar-refractivity contribution is 6.01. The van der Waals surface area contributed by atoms with Gasteiger partial charge in [-0.1, -0.05) is 6.08 Å². The molecule has 0 unspecified atom stereocenters. The zero-order valence-electron chi connectivity index (χ0n) is 7.89. The zero-order valence-corrected chi connectivity index (χ0v) is 7.89. The molecule has 1 aliphatic rings. The third-order valence-electron chi connectivity index (χ3n) is 2.17. The second-order valence-corrected chi connectivity index (χ2v) is 4.03. The summed E-state index contributed by atoms with van der Waals surface area (Å²) < 4.78 is 0. The number of hydrogen-bond donors (Lipinski definition) is 1. The van der Waals surface area contributed by atoms with E-state index in [1.54, 1.807) is 13.8 Å². The summed E-state index contributed by atoms with van der Waals surface area (Å²) in [5.41, 5.74) is 5.97. The molecule has 0 saturated heterocycles. The number of hydrogen-bond acceptors (Lipinski definition) is 2. The topological polar surface area (TPSA) is 43.1 Å². The first kappa shape index (κ1) is 9.46. The molecule has 0 radical (unpaired) electrons. The van der Waals surface area contributed by atoms with Gasteiger partial charge in [-0.05, 0) is 45.1 Å². The van der Waals surface area contributed by atoms with Crippen molar-refractivity contribution in [3.63, 3.8) is 0 Å². The fraction of sp³-hybridized carbons (Fsp3) is 0.700. The van der Waals surface area contributed by atoms with E-state index in [0.29, 0.717) is 0 Å². The maximum atomic E-state index is 11.6. The van der Waals surface area contributed by atoms with Crippen LogP contribution >= 0.6 is 0 Å². The number of Topliss-reactive ketones (excluding diaryl/α,β-unsaturated/α-hetero) is 1. The molecule has 1 aliphatic carbocycles. The number of ketones is 1. The van der Waals surface area contributed by atoms with Gasteiger partial charge in [0.1, 0.15) is 0 Å². The first-order valence-corrected chi connectivity index (χ1v) is 4.54. The Bertz CT molecular complexity index is 210. The van der Waals surface area contributed by atoms with Crippen LogP contribution in [0.2, 0.25) is 0 Å². The molecule has 1 rings (SSSR count). The van der Waals surface area contributed by atoms with E-state index in [1.165, 1.54) is 6.42 Å². The maximum Gasteiger partial charge on any atom is 0.177 e. The van der Waals surface area contributed by atoms with Gasteiger partial charge in [-0.15, -0.1) is 0 Å². The first-order valence-electron chi connectivity index (χ1n) is 4.54. The molecule has 68 valence electrons. The van der Waals surface area contributed by atoms with E-state index in [9.17, 15) is 4.79 Å². The quantitative estimate of drug-likeness (QED) is 0.681. The van der Waals surface area contributed by atoms with Crippen molar-refractivity contribution in [2.75, 3.05) is 0 Å². The second kappa shape index (κ2) is 3.40. The maximum absolute atomic E-state index is 11.6. The van der Waals surface area contributed by atoms with Crippen LogP contribution in [0.4, 0.5) is 0 Å². The second-order valence-electron chi connectivity index (χ2n) is 4.03. The van der Waals surface area contributed by atoms with Crippen LogP contribution in [0.5, 0.6) is 0 Å². The van der Waals surface area contributed by atoms with Gasteiger partial charge in [0.15, 0.2) is 5.78 Å². The summed E-state index contributed by atoms with van der Waals surface area (Å²) in [6.07, 6.45) is 6.34. The Kier molecular flexibility index (Phi) is 2.68. The van der Waals surface area contributed by atoms with Gasteiger partial charge in [0.05, 0.1) is 5.54 Å². The number of carbonyl (C=O) groups is 1. The van der Waals surface area contributed by atoms with Crippen LogP contribution in [0.1, 0.15) is 39.5 Å². The van der Waals surface area contributed by atoms with Crippen LogP contribution in [0.15, 0.2) is 11.6 Å². The highest BCUT2D eigenvalue weighted by Crippen LogP contribution is 2.21. The van der Waals surface area contributed by atoms with E-state index >= 15 is 0 Å². The predicted octanol–water partition coefficient (Wildman–Crippen LogP) is 1.79. The molecular formula is C10H17NO. The number of nitrogens with two attached hydrogens (primary N) is 1. The van der Waals surface area contributed by atoms with Crippen molar-refractivity contribution < 1.29 is 4.79 Å². The van der Waals surface area contributed by atoms with E-state index < -0.39 is 5.54 Å². The lowest BCUT2D eigenvalue weighted by Gasteiger charge is -2.20. The molecule has 12 heavy (non-hydrogen) atoms. The van der Waals surface area contributed by atoms with E-state index in [-0.39, 0.29) is 5.78 Å². The summed E-state index contributed by atoms with van der Waals surface area (Å²) in [4.78, 5) is 11.6. The van der Waals surface area contributed by atoms with Gasteiger partial charge >= 0.3 is 0 Å². The largest absolute Gasteiger partial charge is 0.319 e. The third-order valence-corrected chi connectivity index (χ3v) is 2.17. The van der Waals surface area contributed by atoms with E-state index in [2.05, 4.69) is 0 Å². The van der Waals surface area contributed by atoms with Crippen molar-refractivity contribution in [2.24, 2.45) is 5.73 Å². The van der Waals surface area contributed by atoms with Crippen molar-refractivity contribution in [1.29, 1.82) is 0 Å². The monoisotopic (exact) mass is 167 g/mol. The fourth-order valence-electron chi connectivity index (χ4n) is 1.46. The lowest BCUT2D eigenvalue weighted by atomic mass is 9.88. The highest BCUT2D eigenvalue weighted by Gasteiger charge is 2.25. The Morgan fingerprint density at radius 1 is 1.50 bits per heavy atom. The molecule has 0 atom stereocenters. The summed E-state index contributed by atoms with van der Waals surface area (Å²) in [6.45, 7) is 3.54. The molecule has 2 heteroatoms. The van der Waals surface area contributed by atoms with Gasteiger partial charge in [0, 0.05) is 0 Å². The van der Waals surface area contributed by atoms with Crippen molar-refractivity contribution in [2.45, 2.75) is 45.1 Å². The third kappa shape index (κ3) is 2.18. The lowest BCUT2D eigenvalue weighted by Crippen LogP contribution is -2.42. The first-order chi connectivity index (χ1) is 5.52. The minimum atomic E-state index is -0.691. The SMILES string of the molecule is CC(C)(N)C(=O)C1=CCCCC1. The van der Waals surface area contributed by atoms with Crippen LogP contribution in [0, 0.1) is 0 Å². The molecule has 2 N–H and O–H groups in total. The van der Waals surface area contributed by atoms with Crippen LogP contribution in [0.25, 0.3) is 0 Å². The minimum Gasteiger partial charge on any atom is -0.319 e. The lowest BCUT2D eigenvalue weighted by molar-refractivity contribution is -0.119. The molecule has 0 heterocycles. The van der Waals surface area contributed by atoms with Crippen molar-refractivity contribution in [3.05, 3.63) is 11.6 Å². The predicted molar refractivity (Wildman–Crippen MR) is 49.8 cm³/mol. The van der Waals surface area contributed by atoms with Gasteiger partial charge in [-0.3, -0.25) is 4.79 Å². The molecule has 0 spiro atoms. The molecule has 0 amide bonds. The minimum absolute atomic E-state index is 0.113. The summed E-state index contributed by atoms with van der Waals surface area (Å²) in [7, 11) is 0. The standard InChI is InChI=1S/C10H17NO/c1-10(2,11)9(12)8-6-4-3-5-7-8/h6H,3-5,7,11H2,1-2H3. The van der Waals surface area contributed by atoms with Gasteiger partial charge in [0.25, 0.3) is 0 Å². The average Bonchev–Trinajstić information content (AvgIpc) is 2.03. The van der Waals surface area contributed by atoms with E-state index in [1.807, 2.05) is 6.08 Å². The van der Waals surface area contributed by atoms with Gasteiger partial charge in [-0.2, -0.15) is 0 Å². The van der Waals surface area contributed by atoms with E-state index in [0.717, 1.165) is 24.8 Å². The Balaban J connectivity index is 2.70. The Labute approximate surface area is 73.8 Å². The molecule has 2 nitrogen and oxygen atoms in total. The molecule has 0 aliphatic heterocycles. The van der Waals surface area contributed by atoms with Gasteiger partial charge in [-0.25, -0.2) is 0 Å².